The van der Waals surface area contributed by atoms with Crippen molar-refractivity contribution in [3.05, 3.63) is 29.1 Å². The lowest BCUT2D eigenvalue weighted by Crippen LogP contribution is -2.51. The van der Waals surface area contributed by atoms with Gasteiger partial charge in [0.25, 0.3) is 0 Å². The number of hydrogen-bond donors (Lipinski definition) is 1. The first-order chi connectivity index (χ1) is 10.6. The Morgan fingerprint density at radius 3 is 2.77 bits per heavy atom. The molecule has 0 bridgehead atoms. The summed E-state index contributed by atoms with van der Waals surface area (Å²) in [6.07, 6.45) is 5.24. The Labute approximate surface area is 129 Å². The van der Waals surface area contributed by atoms with Crippen molar-refractivity contribution in [2.75, 3.05) is 13.2 Å². The van der Waals surface area contributed by atoms with Gasteiger partial charge in [0.2, 0.25) is 0 Å². The van der Waals surface area contributed by atoms with Crippen LogP contribution in [0.3, 0.4) is 0 Å². The fourth-order valence-electron chi connectivity index (χ4n) is 3.49. The van der Waals surface area contributed by atoms with Gasteiger partial charge in [0.15, 0.2) is 11.6 Å². The van der Waals surface area contributed by atoms with Gasteiger partial charge in [-0.25, -0.2) is 9.18 Å². The van der Waals surface area contributed by atoms with Crippen molar-refractivity contribution in [2.45, 2.75) is 51.1 Å². The normalized spacial score (nSPS) is 21.1. The Morgan fingerprint density at radius 2 is 2.18 bits per heavy atom. The molecule has 3 rings (SSSR count). The van der Waals surface area contributed by atoms with E-state index < -0.39 is 11.8 Å². The summed E-state index contributed by atoms with van der Waals surface area (Å²) in [6, 6.07) is 3.23. The van der Waals surface area contributed by atoms with Crippen molar-refractivity contribution in [1.82, 2.24) is 4.90 Å². The minimum absolute atomic E-state index is 0.126. The molecule has 2 aliphatic rings. The molecule has 0 saturated heterocycles. The molecule has 0 spiro atoms. The quantitative estimate of drug-likeness (QED) is 0.908. The van der Waals surface area contributed by atoms with E-state index in [1.165, 1.54) is 31.4 Å². The number of hydrogen-bond acceptors (Lipinski definition) is 3. The third-order valence-corrected chi connectivity index (χ3v) is 4.80. The fourth-order valence-corrected chi connectivity index (χ4v) is 3.49. The lowest BCUT2D eigenvalue weighted by atomic mass is 9.88. The first kappa shape index (κ1) is 15.3. The Hall–Kier alpha value is -1.62. The maximum absolute atomic E-state index is 13.9. The van der Waals surface area contributed by atoms with Gasteiger partial charge in [-0.05, 0) is 44.4 Å². The summed E-state index contributed by atoms with van der Waals surface area (Å²) in [4.78, 5) is 13.8. The van der Waals surface area contributed by atoms with E-state index in [0.717, 1.165) is 13.0 Å². The van der Waals surface area contributed by atoms with Gasteiger partial charge in [0.05, 0.1) is 5.56 Å². The van der Waals surface area contributed by atoms with Crippen molar-refractivity contribution in [1.29, 1.82) is 0 Å². The summed E-state index contributed by atoms with van der Waals surface area (Å²) in [6.45, 7) is 3.56. The highest BCUT2D eigenvalue weighted by Crippen LogP contribution is 2.35. The van der Waals surface area contributed by atoms with Crippen molar-refractivity contribution >= 4 is 5.97 Å². The number of halogens is 1. The van der Waals surface area contributed by atoms with Crippen LogP contribution in [0.4, 0.5) is 4.39 Å². The molecular weight excluding hydrogens is 285 g/mol. The van der Waals surface area contributed by atoms with Gasteiger partial charge >= 0.3 is 5.97 Å². The molecule has 1 N–H and O–H groups in total. The second kappa shape index (κ2) is 6.24. The van der Waals surface area contributed by atoms with E-state index in [0.29, 0.717) is 24.6 Å². The number of aromatic carboxylic acids is 1. The highest BCUT2D eigenvalue weighted by molar-refractivity contribution is 5.90. The molecule has 1 aliphatic heterocycles. The van der Waals surface area contributed by atoms with Crippen LogP contribution in [-0.2, 0) is 6.42 Å². The van der Waals surface area contributed by atoms with Crippen LogP contribution < -0.4 is 4.74 Å². The van der Waals surface area contributed by atoms with Crippen LogP contribution in [0.1, 0.15) is 48.5 Å². The predicted molar refractivity (Wildman–Crippen MR) is 81.0 cm³/mol. The molecule has 1 unspecified atom stereocenters. The van der Waals surface area contributed by atoms with Crippen molar-refractivity contribution in [3.63, 3.8) is 0 Å². The van der Waals surface area contributed by atoms with E-state index in [-0.39, 0.29) is 17.4 Å². The second-order valence-corrected chi connectivity index (χ2v) is 6.20. The minimum atomic E-state index is -1.02. The van der Waals surface area contributed by atoms with Crippen LogP contribution in [-0.4, -0.2) is 41.2 Å². The van der Waals surface area contributed by atoms with Crippen LogP contribution in [0, 0.1) is 5.82 Å². The predicted octanol–water partition coefficient (Wildman–Crippen LogP) is 3.09. The number of fused-ring (bicyclic) bond motifs is 1. The smallest absolute Gasteiger partial charge is 0.336 e. The van der Waals surface area contributed by atoms with Gasteiger partial charge in [0, 0.05) is 17.6 Å². The third kappa shape index (κ3) is 2.70. The van der Waals surface area contributed by atoms with E-state index in [1.54, 1.807) is 0 Å². The zero-order chi connectivity index (χ0) is 15.7. The van der Waals surface area contributed by atoms with Crippen LogP contribution in [0.15, 0.2) is 12.1 Å². The lowest BCUT2D eigenvalue weighted by molar-refractivity contribution is 0.0426. The standard InChI is InChI=1S/C17H22FNO3/c1-2-8-19(11-4-3-5-11)12-9-14-13(17(20)21)6-7-15(18)16(14)22-10-12/h6-7,11-12H,2-5,8-10H2,1H3,(H,20,21). The average Bonchev–Trinajstić information content (AvgIpc) is 2.44. The molecule has 5 heteroatoms. The molecule has 1 fully saturated rings. The Balaban J connectivity index is 1.88. The number of carboxylic acid groups (broad SMARTS) is 1. The number of carbonyl (C=O) groups is 1. The van der Waals surface area contributed by atoms with Gasteiger partial charge in [-0.15, -0.1) is 0 Å². The third-order valence-electron chi connectivity index (χ3n) is 4.80. The van der Waals surface area contributed by atoms with Gasteiger partial charge in [0.1, 0.15) is 6.61 Å². The molecule has 0 aromatic heterocycles. The Morgan fingerprint density at radius 1 is 1.41 bits per heavy atom. The summed E-state index contributed by atoms with van der Waals surface area (Å²) in [5, 5.41) is 9.33. The topological polar surface area (TPSA) is 49.8 Å². The van der Waals surface area contributed by atoms with Crippen LogP contribution in [0.2, 0.25) is 0 Å². The van der Waals surface area contributed by atoms with E-state index >= 15 is 0 Å². The number of ether oxygens (including phenoxy) is 1. The van der Waals surface area contributed by atoms with Crippen LogP contribution in [0.5, 0.6) is 5.75 Å². The number of rotatable bonds is 5. The molecule has 1 atom stereocenters. The zero-order valence-corrected chi connectivity index (χ0v) is 12.8. The molecule has 22 heavy (non-hydrogen) atoms. The highest BCUT2D eigenvalue weighted by atomic mass is 19.1. The molecule has 1 heterocycles. The first-order valence-electron chi connectivity index (χ1n) is 8.05. The second-order valence-electron chi connectivity index (χ2n) is 6.20. The molecule has 1 saturated carbocycles. The molecule has 120 valence electrons. The van der Waals surface area contributed by atoms with Crippen molar-refractivity contribution in [2.24, 2.45) is 0 Å². The van der Waals surface area contributed by atoms with Crippen molar-refractivity contribution < 1.29 is 19.0 Å². The summed E-state index contributed by atoms with van der Waals surface area (Å²) < 4.78 is 19.5. The lowest BCUT2D eigenvalue weighted by Gasteiger charge is -2.44. The maximum atomic E-state index is 13.9. The largest absolute Gasteiger partial charge is 0.489 e. The number of nitrogens with zero attached hydrogens (tertiary/aromatic N) is 1. The summed E-state index contributed by atoms with van der Waals surface area (Å²) >= 11 is 0. The molecule has 0 amide bonds. The van der Waals surface area contributed by atoms with Gasteiger partial charge in [-0.3, -0.25) is 4.90 Å². The average molecular weight is 307 g/mol. The summed E-state index contributed by atoms with van der Waals surface area (Å²) in [7, 11) is 0. The van der Waals surface area contributed by atoms with E-state index in [1.807, 2.05) is 0 Å². The molecule has 1 aromatic carbocycles. The van der Waals surface area contributed by atoms with Gasteiger partial charge in [-0.2, -0.15) is 0 Å². The summed E-state index contributed by atoms with van der Waals surface area (Å²) in [5.41, 5.74) is 0.662. The SMILES string of the molecule is CCCN(C1CCC1)C1COc2c(F)ccc(C(=O)O)c2C1. The van der Waals surface area contributed by atoms with E-state index in [9.17, 15) is 14.3 Å². The number of carboxylic acids is 1. The molecule has 1 aliphatic carbocycles. The number of benzene rings is 1. The van der Waals surface area contributed by atoms with Crippen LogP contribution in [0.25, 0.3) is 0 Å². The Kier molecular flexibility index (Phi) is 4.34. The van der Waals surface area contributed by atoms with Crippen LogP contribution >= 0.6 is 0 Å². The molecule has 0 radical (unpaired) electrons. The first-order valence-corrected chi connectivity index (χ1v) is 8.05. The van der Waals surface area contributed by atoms with Crippen molar-refractivity contribution in [3.8, 4) is 5.75 Å². The van der Waals surface area contributed by atoms with Gasteiger partial charge < -0.3 is 9.84 Å². The van der Waals surface area contributed by atoms with Gasteiger partial charge in [-0.1, -0.05) is 13.3 Å². The summed E-state index contributed by atoms with van der Waals surface area (Å²) in [5.74, 6) is -1.36. The Bertz CT molecular complexity index is 571. The minimum Gasteiger partial charge on any atom is -0.489 e. The molecule has 4 nitrogen and oxygen atoms in total. The monoisotopic (exact) mass is 307 g/mol. The van der Waals surface area contributed by atoms with E-state index in [4.69, 9.17) is 4.74 Å². The highest BCUT2D eigenvalue weighted by Gasteiger charge is 2.35. The fraction of sp³-hybridized carbons (Fsp3) is 0.588. The maximum Gasteiger partial charge on any atom is 0.336 e. The molecule has 1 aromatic rings. The van der Waals surface area contributed by atoms with E-state index in [2.05, 4.69) is 11.8 Å². The zero-order valence-electron chi connectivity index (χ0n) is 12.8. The molecular formula is C17H22FNO3.